The van der Waals surface area contributed by atoms with Crippen molar-refractivity contribution in [2.75, 3.05) is 0 Å². The molecule has 0 unspecified atom stereocenters. The number of halogens is 10. The van der Waals surface area contributed by atoms with Crippen LogP contribution in [0.2, 0.25) is 5.02 Å². The zero-order chi connectivity index (χ0) is 31.4. The molecule has 42 heavy (non-hydrogen) atoms. The normalized spacial score (nSPS) is 17.9. The summed E-state index contributed by atoms with van der Waals surface area (Å²) >= 11 is 6.19. The lowest BCUT2D eigenvalue weighted by atomic mass is 9.94. The summed E-state index contributed by atoms with van der Waals surface area (Å²) in [6.07, 6.45) is -18.5. The molecule has 3 aromatic carbocycles. The van der Waals surface area contributed by atoms with Crippen LogP contribution in [0.1, 0.15) is 40.8 Å². The number of alkyl halides is 9. The number of benzene rings is 3. The fraction of sp³-hybridized carbons (Fsp3) is 0.269. The van der Waals surface area contributed by atoms with Gasteiger partial charge in [-0.05, 0) is 53.9 Å². The number of nitrogens with zero attached hydrogens (tertiary/aromatic N) is 2. The zero-order valence-corrected chi connectivity index (χ0v) is 21.6. The highest BCUT2D eigenvalue weighted by Gasteiger charge is 2.44. The van der Waals surface area contributed by atoms with E-state index in [4.69, 9.17) is 16.3 Å². The first kappa shape index (κ1) is 30.9. The van der Waals surface area contributed by atoms with Crippen LogP contribution in [0, 0.1) is 10.1 Å². The van der Waals surface area contributed by atoms with Crippen LogP contribution in [0.15, 0.2) is 54.6 Å². The van der Waals surface area contributed by atoms with Crippen molar-refractivity contribution in [3.63, 3.8) is 0 Å². The molecule has 1 fully saturated rings. The van der Waals surface area contributed by atoms with Crippen molar-refractivity contribution in [3.8, 4) is 11.1 Å². The first-order chi connectivity index (χ1) is 19.3. The van der Waals surface area contributed by atoms with Gasteiger partial charge in [-0.15, -0.1) is 0 Å². The Labute approximate surface area is 235 Å². The molecule has 0 N–H and O–H groups in total. The first-order valence-electron chi connectivity index (χ1n) is 11.7. The zero-order valence-electron chi connectivity index (χ0n) is 20.9. The Bertz CT molecular complexity index is 1520. The number of rotatable bonds is 5. The van der Waals surface area contributed by atoms with E-state index in [1.807, 2.05) is 0 Å². The highest BCUT2D eigenvalue weighted by Crippen LogP contribution is 2.44. The fourth-order valence-electron chi connectivity index (χ4n) is 4.56. The molecule has 1 saturated heterocycles. The van der Waals surface area contributed by atoms with Gasteiger partial charge in [0.15, 0.2) is 0 Å². The molecular formula is C26H16ClF9N2O4. The molecule has 1 aliphatic rings. The van der Waals surface area contributed by atoms with Crippen molar-refractivity contribution in [2.45, 2.75) is 44.1 Å². The minimum atomic E-state index is -5.21. The molecule has 3 aromatic rings. The Kier molecular flexibility index (Phi) is 7.86. The van der Waals surface area contributed by atoms with E-state index in [0.29, 0.717) is 24.3 Å². The molecule has 1 heterocycles. The molecule has 4 rings (SSSR count). The van der Waals surface area contributed by atoms with E-state index in [1.165, 1.54) is 31.2 Å². The maximum atomic E-state index is 13.8. The van der Waals surface area contributed by atoms with Crippen LogP contribution in [0.25, 0.3) is 11.1 Å². The summed E-state index contributed by atoms with van der Waals surface area (Å²) in [5.74, 6) is 0. The predicted molar refractivity (Wildman–Crippen MR) is 129 cm³/mol. The molecule has 0 aliphatic carbocycles. The Hall–Kier alpha value is -4.01. The number of nitro benzene ring substituents is 1. The van der Waals surface area contributed by atoms with Gasteiger partial charge >= 0.3 is 24.6 Å². The van der Waals surface area contributed by atoms with Crippen molar-refractivity contribution in [1.29, 1.82) is 0 Å². The lowest BCUT2D eigenvalue weighted by Crippen LogP contribution is -2.32. The summed E-state index contributed by atoms with van der Waals surface area (Å²) in [5, 5.41) is 11.5. The number of hydrogen-bond donors (Lipinski definition) is 0. The number of nitro groups is 1. The van der Waals surface area contributed by atoms with Gasteiger partial charge in [0.25, 0.3) is 5.69 Å². The van der Waals surface area contributed by atoms with Gasteiger partial charge in [0, 0.05) is 16.7 Å². The topological polar surface area (TPSA) is 72.7 Å². The Morgan fingerprint density at radius 2 is 1.45 bits per heavy atom. The fourth-order valence-corrected chi connectivity index (χ4v) is 4.80. The minimum absolute atomic E-state index is 0.00799. The number of ether oxygens (including phenoxy) is 1. The third-order valence-corrected chi connectivity index (χ3v) is 6.89. The number of hydrogen-bond acceptors (Lipinski definition) is 4. The maximum Gasteiger partial charge on any atom is 0.423 e. The van der Waals surface area contributed by atoms with Crippen LogP contribution in [-0.2, 0) is 29.8 Å². The quantitative estimate of drug-likeness (QED) is 0.161. The van der Waals surface area contributed by atoms with Crippen LogP contribution in [0.4, 0.5) is 50.0 Å². The molecule has 6 nitrogen and oxygen atoms in total. The largest absolute Gasteiger partial charge is 0.439 e. The van der Waals surface area contributed by atoms with Crippen molar-refractivity contribution >= 4 is 23.4 Å². The molecule has 0 aromatic heterocycles. The molecule has 1 amide bonds. The van der Waals surface area contributed by atoms with Gasteiger partial charge in [0.05, 0.1) is 28.6 Å². The molecule has 224 valence electrons. The number of carbonyl (C=O) groups is 1. The average molecular weight is 627 g/mol. The molecule has 0 bridgehead atoms. The average Bonchev–Trinajstić information content (AvgIpc) is 3.15. The Morgan fingerprint density at radius 3 is 1.95 bits per heavy atom. The minimum Gasteiger partial charge on any atom is -0.439 e. The van der Waals surface area contributed by atoms with Crippen LogP contribution < -0.4 is 0 Å². The van der Waals surface area contributed by atoms with Crippen molar-refractivity contribution in [1.82, 2.24) is 4.90 Å². The molecule has 0 radical (unpaired) electrons. The molecule has 2 atom stereocenters. The van der Waals surface area contributed by atoms with Crippen LogP contribution in [-0.4, -0.2) is 22.0 Å². The SMILES string of the molecule is C[C@H]1[C@@H](c2cc(C(F)(F)F)cc(C(F)(F)F)c2)OC(=O)N1Cc1cc(C(F)(F)F)c([N+](=O)[O-])cc1-c1ccccc1Cl. The van der Waals surface area contributed by atoms with Gasteiger partial charge in [0.1, 0.15) is 11.7 Å². The third-order valence-electron chi connectivity index (χ3n) is 6.56. The van der Waals surface area contributed by atoms with E-state index in [2.05, 4.69) is 0 Å². The number of amides is 1. The first-order valence-corrected chi connectivity index (χ1v) is 12.1. The second-order valence-corrected chi connectivity index (χ2v) is 9.68. The summed E-state index contributed by atoms with van der Waals surface area (Å²) in [6.45, 7) is 0.498. The number of carbonyl (C=O) groups excluding carboxylic acids is 1. The number of cyclic esters (lactones) is 1. The van der Waals surface area contributed by atoms with E-state index in [9.17, 15) is 54.4 Å². The third kappa shape index (κ3) is 6.10. The van der Waals surface area contributed by atoms with Gasteiger partial charge in [-0.25, -0.2) is 4.79 Å². The monoisotopic (exact) mass is 626 g/mol. The van der Waals surface area contributed by atoms with E-state index in [0.717, 1.165) is 4.90 Å². The van der Waals surface area contributed by atoms with E-state index in [1.54, 1.807) is 0 Å². The highest BCUT2D eigenvalue weighted by molar-refractivity contribution is 6.33. The van der Waals surface area contributed by atoms with Crippen LogP contribution >= 0.6 is 11.6 Å². The van der Waals surface area contributed by atoms with Crippen molar-refractivity contribution < 1.29 is 54.0 Å². The van der Waals surface area contributed by atoms with Crippen LogP contribution in [0.5, 0.6) is 0 Å². The van der Waals surface area contributed by atoms with Gasteiger partial charge in [0.2, 0.25) is 0 Å². The Balaban J connectivity index is 1.82. The summed E-state index contributed by atoms with van der Waals surface area (Å²) in [7, 11) is 0. The van der Waals surface area contributed by atoms with E-state index >= 15 is 0 Å². The van der Waals surface area contributed by atoms with Gasteiger partial charge in [-0.3, -0.25) is 15.0 Å². The predicted octanol–water partition coefficient (Wildman–Crippen LogP) is 9.05. The molecule has 0 saturated carbocycles. The van der Waals surface area contributed by atoms with Crippen LogP contribution in [0.3, 0.4) is 0 Å². The lowest BCUT2D eigenvalue weighted by molar-refractivity contribution is -0.388. The molecule has 16 heteroatoms. The molecule has 1 aliphatic heterocycles. The van der Waals surface area contributed by atoms with E-state index in [-0.39, 0.29) is 27.8 Å². The summed E-state index contributed by atoms with van der Waals surface area (Å²) < 4.78 is 127. The van der Waals surface area contributed by atoms with Gasteiger partial charge in [-0.1, -0.05) is 29.8 Å². The van der Waals surface area contributed by atoms with Crippen molar-refractivity contribution in [3.05, 3.63) is 97.6 Å². The second kappa shape index (κ2) is 10.7. The summed E-state index contributed by atoms with van der Waals surface area (Å²) in [4.78, 5) is 23.9. The Morgan fingerprint density at radius 1 is 0.881 bits per heavy atom. The highest BCUT2D eigenvalue weighted by atomic mass is 35.5. The summed E-state index contributed by atoms with van der Waals surface area (Å²) in [6, 6.07) is 6.10. The summed E-state index contributed by atoms with van der Waals surface area (Å²) in [5.41, 5.74) is -7.31. The van der Waals surface area contributed by atoms with Gasteiger partial charge < -0.3 is 4.74 Å². The standard InChI is InChI=1S/C26H16ClF9N2O4/c1-12-22(13-6-15(24(28,29)30)9-16(7-13)25(31,32)33)42-23(39)37(12)11-14-8-19(26(34,35)36)21(38(40)41)10-18(14)17-4-2-3-5-20(17)27/h2-10,12,22H,11H2,1H3/t12-,22-/m0/s1. The molecular weight excluding hydrogens is 611 g/mol. The van der Waals surface area contributed by atoms with E-state index < -0.39 is 76.2 Å². The molecule has 0 spiro atoms. The van der Waals surface area contributed by atoms with Gasteiger partial charge in [-0.2, -0.15) is 39.5 Å². The maximum absolute atomic E-state index is 13.8. The lowest BCUT2D eigenvalue weighted by Gasteiger charge is -2.24. The van der Waals surface area contributed by atoms with Crippen molar-refractivity contribution in [2.24, 2.45) is 0 Å². The smallest absolute Gasteiger partial charge is 0.423 e. The second-order valence-electron chi connectivity index (χ2n) is 9.27.